The van der Waals surface area contributed by atoms with Gasteiger partial charge in [-0.25, -0.2) is 0 Å². The molecule has 0 atom stereocenters. The van der Waals surface area contributed by atoms with Crippen molar-refractivity contribution in [2.75, 3.05) is 0 Å². The highest BCUT2D eigenvalue weighted by Crippen LogP contribution is 2.21. The number of H-pyrrole nitrogens is 2. The second-order valence-electron chi connectivity index (χ2n) is 6.77. The lowest BCUT2D eigenvalue weighted by Gasteiger charge is -2.05. The number of nitrogens with zero attached hydrogens (tertiary/aromatic N) is 2. The normalized spacial score (nSPS) is 11.0. The van der Waals surface area contributed by atoms with Crippen LogP contribution in [0.4, 0.5) is 0 Å². The Kier molecular flexibility index (Phi) is 4.40. The number of hydrogen-bond acceptors (Lipinski definition) is 2. The number of aryl methyl sites for hydroxylation is 4. The minimum atomic E-state index is 0.998. The molecule has 4 nitrogen and oxygen atoms in total. The van der Waals surface area contributed by atoms with E-state index < -0.39 is 0 Å². The smallest absolute Gasteiger partial charge is 0.0923 e. The van der Waals surface area contributed by atoms with Gasteiger partial charge in [0.1, 0.15) is 0 Å². The third kappa shape index (κ3) is 3.59. The average molecular weight is 342 g/mol. The molecule has 26 heavy (non-hydrogen) atoms. The highest BCUT2D eigenvalue weighted by Gasteiger charge is 2.04. The monoisotopic (exact) mass is 342 g/mol. The van der Waals surface area contributed by atoms with Gasteiger partial charge in [-0.15, -0.1) is 0 Å². The van der Waals surface area contributed by atoms with Crippen LogP contribution >= 0.6 is 0 Å². The predicted octanol–water partition coefficient (Wildman–Crippen LogP) is 4.87. The van der Waals surface area contributed by atoms with Crippen LogP contribution in [0.5, 0.6) is 0 Å². The quantitative estimate of drug-likeness (QED) is 0.544. The van der Waals surface area contributed by atoms with E-state index in [1.54, 1.807) is 0 Å². The van der Waals surface area contributed by atoms with Crippen LogP contribution in [0, 0.1) is 13.8 Å². The Bertz CT molecular complexity index is 908. The van der Waals surface area contributed by atoms with E-state index in [4.69, 9.17) is 0 Å². The van der Waals surface area contributed by atoms with Crippen LogP contribution < -0.4 is 0 Å². The average Bonchev–Trinajstić information content (AvgIpc) is 3.29. The summed E-state index contributed by atoms with van der Waals surface area (Å²) in [6.07, 6.45) is 2.06. The molecule has 0 aliphatic carbocycles. The van der Waals surface area contributed by atoms with Crippen LogP contribution in [0.25, 0.3) is 22.5 Å². The van der Waals surface area contributed by atoms with Gasteiger partial charge >= 0.3 is 0 Å². The lowest BCUT2D eigenvalue weighted by molar-refractivity contribution is 0.960. The maximum atomic E-state index is 4.31. The van der Waals surface area contributed by atoms with Crippen molar-refractivity contribution in [3.63, 3.8) is 0 Å². The highest BCUT2D eigenvalue weighted by atomic mass is 15.1. The van der Waals surface area contributed by atoms with Gasteiger partial charge in [0.15, 0.2) is 0 Å². The summed E-state index contributed by atoms with van der Waals surface area (Å²) in [5.74, 6) is 0. The molecule has 0 radical (unpaired) electrons. The molecule has 4 rings (SSSR count). The van der Waals surface area contributed by atoms with Gasteiger partial charge in [0.05, 0.1) is 11.4 Å². The fraction of sp³-hybridized carbons (Fsp3) is 0.182. The summed E-state index contributed by atoms with van der Waals surface area (Å²) >= 11 is 0. The highest BCUT2D eigenvalue weighted by molar-refractivity contribution is 5.60. The molecule has 4 heteroatoms. The zero-order valence-corrected chi connectivity index (χ0v) is 15.1. The van der Waals surface area contributed by atoms with Gasteiger partial charge in [-0.3, -0.25) is 10.2 Å². The molecular formula is C22H22N4. The number of aromatic amines is 2. The molecule has 0 aliphatic heterocycles. The minimum Gasteiger partial charge on any atom is -0.282 e. The van der Waals surface area contributed by atoms with Crippen LogP contribution in [0.3, 0.4) is 0 Å². The predicted molar refractivity (Wildman–Crippen MR) is 105 cm³/mol. The van der Waals surface area contributed by atoms with Crippen molar-refractivity contribution in [1.82, 2.24) is 20.4 Å². The van der Waals surface area contributed by atoms with Crippen LogP contribution in [0.15, 0.2) is 60.7 Å². The van der Waals surface area contributed by atoms with Crippen molar-refractivity contribution < 1.29 is 0 Å². The van der Waals surface area contributed by atoms with E-state index in [9.17, 15) is 0 Å². The lowest BCUT2D eigenvalue weighted by Crippen LogP contribution is -1.92. The Morgan fingerprint density at radius 3 is 1.31 bits per heavy atom. The Morgan fingerprint density at radius 1 is 0.615 bits per heavy atom. The van der Waals surface area contributed by atoms with E-state index in [1.807, 2.05) is 13.8 Å². The van der Waals surface area contributed by atoms with Gasteiger partial charge in [0.2, 0.25) is 0 Å². The molecule has 0 amide bonds. The van der Waals surface area contributed by atoms with Gasteiger partial charge in [0, 0.05) is 22.5 Å². The molecule has 2 heterocycles. The molecule has 2 N–H and O–H groups in total. The van der Waals surface area contributed by atoms with Crippen molar-refractivity contribution in [1.29, 1.82) is 0 Å². The van der Waals surface area contributed by atoms with E-state index in [0.717, 1.165) is 46.7 Å². The molecule has 0 saturated heterocycles. The van der Waals surface area contributed by atoms with Crippen molar-refractivity contribution in [3.05, 3.63) is 83.2 Å². The SMILES string of the molecule is Cc1cc(-c2ccc(CCc3ccc(-c4cc(C)[nH]n4)cc3)cc2)n[nH]1. The Labute approximate surface area is 153 Å². The van der Waals surface area contributed by atoms with Gasteiger partial charge in [0.25, 0.3) is 0 Å². The number of hydrogen-bond donors (Lipinski definition) is 2. The van der Waals surface area contributed by atoms with Gasteiger partial charge in [-0.1, -0.05) is 48.5 Å². The molecule has 0 unspecified atom stereocenters. The van der Waals surface area contributed by atoms with Crippen LogP contribution in [-0.2, 0) is 12.8 Å². The van der Waals surface area contributed by atoms with E-state index in [0.29, 0.717) is 0 Å². The van der Waals surface area contributed by atoms with E-state index in [1.165, 1.54) is 11.1 Å². The first-order valence-corrected chi connectivity index (χ1v) is 8.90. The van der Waals surface area contributed by atoms with Crippen LogP contribution in [0.1, 0.15) is 22.5 Å². The summed E-state index contributed by atoms with van der Waals surface area (Å²) in [5.41, 5.74) is 9.14. The van der Waals surface area contributed by atoms with Crippen LogP contribution in [-0.4, -0.2) is 20.4 Å². The van der Waals surface area contributed by atoms with Crippen LogP contribution in [0.2, 0.25) is 0 Å². The number of rotatable bonds is 5. The first kappa shape index (κ1) is 16.3. The third-order valence-electron chi connectivity index (χ3n) is 4.61. The first-order valence-electron chi connectivity index (χ1n) is 8.90. The van der Waals surface area contributed by atoms with Gasteiger partial charge in [-0.2, -0.15) is 10.2 Å². The van der Waals surface area contributed by atoms with Gasteiger partial charge in [-0.05, 0) is 49.9 Å². The second kappa shape index (κ2) is 7.00. The maximum Gasteiger partial charge on any atom is 0.0923 e. The summed E-state index contributed by atoms with van der Waals surface area (Å²) in [4.78, 5) is 0. The lowest BCUT2D eigenvalue weighted by atomic mass is 10.0. The molecule has 0 spiro atoms. The minimum absolute atomic E-state index is 0.998. The van der Waals surface area contributed by atoms with Crippen molar-refractivity contribution in [2.24, 2.45) is 0 Å². The molecule has 0 aliphatic rings. The zero-order chi connectivity index (χ0) is 17.9. The molecule has 130 valence electrons. The molecule has 0 bridgehead atoms. The van der Waals surface area contributed by atoms with E-state index in [2.05, 4.69) is 81.1 Å². The molecule has 0 fully saturated rings. The number of benzene rings is 2. The molecule has 2 aromatic heterocycles. The fourth-order valence-corrected chi connectivity index (χ4v) is 3.10. The standard InChI is InChI=1S/C22H22N4/c1-15-13-21(25-23-15)19-9-5-17(6-10-19)3-4-18-7-11-20(12-8-18)22-14-16(2)24-26-22/h5-14H,3-4H2,1-2H3,(H,23,25)(H,24,26). The maximum absolute atomic E-state index is 4.31. The Balaban J connectivity index is 1.39. The molecular weight excluding hydrogens is 320 g/mol. The summed E-state index contributed by atoms with van der Waals surface area (Å²) < 4.78 is 0. The second-order valence-corrected chi connectivity index (χ2v) is 6.77. The summed E-state index contributed by atoms with van der Waals surface area (Å²) in [7, 11) is 0. The molecule has 4 aromatic rings. The number of nitrogens with one attached hydrogen (secondary N) is 2. The molecule has 0 saturated carbocycles. The van der Waals surface area contributed by atoms with Gasteiger partial charge < -0.3 is 0 Å². The summed E-state index contributed by atoms with van der Waals surface area (Å²) in [5, 5.41) is 14.6. The van der Waals surface area contributed by atoms with E-state index >= 15 is 0 Å². The topological polar surface area (TPSA) is 57.4 Å². The largest absolute Gasteiger partial charge is 0.282 e. The van der Waals surface area contributed by atoms with Crippen molar-refractivity contribution in [2.45, 2.75) is 26.7 Å². The first-order chi connectivity index (χ1) is 12.7. The number of aromatic nitrogens is 4. The van der Waals surface area contributed by atoms with Crippen molar-refractivity contribution >= 4 is 0 Å². The van der Waals surface area contributed by atoms with Crippen molar-refractivity contribution in [3.8, 4) is 22.5 Å². The third-order valence-corrected chi connectivity index (χ3v) is 4.61. The Hall–Kier alpha value is -3.14. The summed E-state index contributed by atoms with van der Waals surface area (Å²) in [6.45, 7) is 4.03. The fourth-order valence-electron chi connectivity index (χ4n) is 3.10. The summed E-state index contributed by atoms with van der Waals surface area (Å²) in [6, 6.07) is 21.5. The Morgan fingerprint density at radius 2 is 1.00 bits per heavy atom. The van der Waals surface area contributed by atoms with E-state index in [-0.39, 0.29) is 0 Å². The zero-order valence-electron chi connectivity index (χ0n) is 15.1. The molecule has 2 aromatic carbocycles.